The molecule has 2 aromatic carbocycles. The number of benzene rings is 2. The molecule has 120 valence electrons. The molecule has 0 aromatic heterocycles. The SMILES string of the molecule is C=CCN(CC=C)C(=O)CNC(C)c1cccc2ccccc12. The molecular weight excluding hydrogens is 284 g/mol. The number of rotatable bonds is 8. The highest BCUT2D eigenvalue weighted by molar-refractivity contribution is 5.86. The van der Waals surface area contributed by atoms with Crippen molar-refractivity contribution >= 4 is 16.7 Å². The minimum absolute atomic E-state index is 0.0527. The minimum atomic E-state index is 0.0527. The molecule has 3 nitrogen and oxygen atoms in total. The fourth-order valence-electron chi connectivity index (χ4n) is 2.68. The van der Waals surface area contributed by atoms with Crippen LogP contribution in [0.25, 0.3) is 10.8 Å². The maximum atomic E-state index is 12.3. The van der Waals surface area contributed by atoms with Gasteiger partial charge in [-0.15, -0.1) is 13.2 Å². The fraction of sp³-hybridized carbons (Fsp3) is 0.250. The number of hydrogen-bond donors (Lipinski definition) is 1. The molecule has 0 fully saturated rings. The van der Waals surface area contributed by atoms with Crippen molar-refractivity contribution in [3.05, 3.63) is 73.3 Å². The lowest BCUT2D eigenvalue weighted by molar-refractivity contribution is -0.129. The van der Waals surface area contributed by atoms with Crippen molar-refractivity contribution in [2.24, 2.45) is 0 Å². The van der Waals surface area contributed by atoms with Crippen molar-refractivity contribution in [1.29, 1.82) is 0 Å². The van der Waals surface area contributed by atoms with Gasteiger partial charge in [0.25, 0.3) is 0 Å². The van der Waals surface area contributed by atoms with E-state index in [9.17, 15) is 4.79 Å². The van der Waals surface area contributed by atoms with Gasteiger partial charge in [0.15, 0.2) is 0 Å². The molecule has 0 aliphatic carbocycles. The predicted molar refractivity (Wildman–Crippen MR) is 97.3 cm³/mol. The second-order valence-electron chi connectivity index (χ2n) is 5.55. The smallest absolute Gasteiger partial charge is 0.237 e. The normalized spacial score (nSPS) is 11.9. The molecule has 0 aliphatic heterocycles. The van der Waals surface area contributed by atoms with E-state index in [2.05, 4.69) is 55.7 Å². The molecule has 1 N–H and O–H groups in total. The van der Waals surface area contributed by atoms with Crippen LogP contribution in [0.3, 0.4) is 0 Å². The van der Waals surface area contributed by atoms with E-state index in [0.717, 1.165) is 0 Å². The highest BCUT2D eigenvalue weighted by atomic mass is 16.2. The molecule has 0 saturated heterocycles. The molecule has 3 heteroatoms. The molecule has 0 radical (unpaired) electrons. The standard InChI is InChI=1S/C20H24N2O/c1-4-13-22(14-5-2)20(23)15-21-16(3)18-12-8-10-17-9-6-7-11-19(17)18/h4-12,16,21H,1-2,13-15H2,3H3. The van der Waals surface area contributed by atoms with Crippen molar-refractivity contribution in [1.82, 2.24) is 10.2 Å². The molecule has 2 aromatic rings. The van der Waals surface area contributed by atoms with Gasteiger partial charge in [0.05, 0.1) is 6.54 Å². The van der Waals surface area contributed by atoms with Crippen molar-refractivity contribution in [3.63, 3.8) is 0 Å². The first-order valence-corrected chi connectivity index (χ1v) is 7.88. The predicted octanol–water partition coefficient (Wildman–Crippen LogP) is 3.69. The van der Waals surface area contributed by atoms with E-state index in [-0.39, 0.29) is 11.9 Å². The molecule has 23 heavy (non-hydrogen) atoms. The third-order valence-corrected chi connectivity index (χ3v) is 3.90. The maximum absolute atomic E-state index is 12.3. The van der Waals surface area contributed by atoms with Crippen LogP contribution in [0.5, 0.6) is 0 Å². The van der Waals surface area contributed by atoms with E-state index >= 15 is 0 Å². The van der Waals surface area contributed by atoms with E-state index in [1.54, 1.807) is 17.1 Å². The van der Waals surface area contributed by atoms with Crippen LogP contribution < -0.4 is 5.32 Å². The monoisotopic (exact) mass is 308 g/mol. The highest BCUT2D eigenvalue weighted by Crippen LogP contribution is 2.23. The third kappa shape index (κ3) is 4.30. The van der Waals surface area contributed by atoms with Gasteiger partial charge in [-0.2, -0.15) is 0 Å². The molecule has 0 aliphatic rings. The Bertz CT molecular complexity index is 678. The van der Waals surface area contributed by atoms with Crippen molar-refractivity contribution < 1.29 is 4.79 Å². The van der Waals surface area contributed by atoms with Crippen molar-refractivity contribution in [3.8, 4) is 0 Å². The van der Waals surface area contributed by atoms with Gasteiger partial charge >= 0.3 is 0 Å². The summed E-state index contributed by atoms with van der Waals surface area (Å²) in [6, 6.07) is 14.7. The Morgan fingerprint density at radius 3 is 2.48 bits per heavy atom. The Morgan fingerprint density at radius 1 is 1.13 bits per heavy atom. The third-order valence-electron chi connectivity index (χ3n) is 3.90. The van der Waals surface area contributed by atoms with Crippen LogP contribution in [-0.4, -0.2) is 30.4 Å². The number of hydrogen-bond acceptors (Lipinski definition) is 2. The molecule has 1 unspecified atom stereocenters. The summed E-state index contributed by atoms with van der Waals surface area (Å²) < 4.78 is 0. The van der Waals surface area contributed by atoms with E-state index in [4.69, 9.17) is 0 Å². The Kier molecular flexibility index (Phi) is 6.12. The van der Waals surface area contributed by atoms with Crippen LogP contribution in [0.1, 0.15) is 18.5 Å². The number of nitrogens with zero attached hydrogens (tertiary/aromatic N) is 1. The zero-order chi connectivity index (χ0) is 16.7. The van der Waals surface area contributed by atoms with Crippen LogP contribution in [0.15, 0.2) is 67.8 Å². The first-order chi connectivity index (χ1) is 11.2. The van der Waals surface area contributed by atoms with Crippen LogP contribution in [0.4, 0.5) is 0 Å². The van der Waals surface area contributed by atoms with Crippen LogP contribution >= 0.6 is 0 Å². The highest BCUT2D eigenvalue weighted by Gasteiger charge is 2.14. The summed E-state index contributed by atoms with van der Waals surface area (Å²) in [6.45, 7) is 10.8. The van der Waals surface area contributed by atoms with Gasteiger partial charge in [-0.05, 0) is 23.3 Å². The number of fused-ring (bicyclic) bond motifs is 1. The van der Waals surface area contributed by atoms with E-state index in [0.29, 0.717) is 19.6 Å². The summed E-state index contributed by atoms with van der Waals surface area (Å²) in [5.74, 6) is 0.0527. The first-order valence-electron chi connectivity index (χ1n) is 7.88. The second kappa shape index (κ2) is 8.30. The van der Waals surface area contributed by atoms with E-state index < -0.39 is 0 Å². The Morgan fingerprint density at radius 2 is 1.78 bits per heavy atom. The van der Waals surface area contributed by atoms with E-state index in [1.807, 2.05) is 12.1 Å². The summed E-state index contributed by atoms with van der Waals surface area (Å²) in [5.41, 5.74) is 1.20. The summed E-state index contributed by atoms with van der Waals surface area (Å²) in [4.78, 5) is 14.0. The molecule has 2 rings (SSSR count). The molecular formula is C20H24N2O. The fourth-order valence-corrected chi connectivity index (χ4v) is 2.68. The molecule has 1 atom stereocenters. The maximum Gasteiger partial charge on any atom is 0.237 e. The van der Waals surface area contributed by atoms with Crippen molar-refractivity contribution in [2.45, 2.75) is 13.0 Å². The van der Waals surface area contributed by atoms with Gasteiger partial charge in [-0.25, -0.2) is 0 Å². The molecule has 0 bridgehead atoms. The molecule has 0 heterocycles. The van der Waals surface area contributed by atoms with Gasteiger partial charge in [0.2, 0.25) is 5.91 Å². The number of amides is 1. The Labute approximate surface area is 138 Å². The Hall–Kier alpha value is -2.39. The summed E-state index contributed by atoms with van der Waals surface area (Å²) in [5, 5.41) is 5.76. The average molecular weight is 308 g/mol. The van der Waals surface area contributed by atoms with Crippen LogP contribution in [0.2, 0.25) is 0 Å². The van der Waals surface area contributed by atoms with Gasteiger partial charge in [-0.1, -0.05) is 54.6 Å². The number of nitrogens with one attached hydrogen (secondary N) is 1. The topological polar surface area (TPSA) is 32.3 Å². The average Bonchev–Trinajstić information content (AvgIpc) is 2.58. The van der Waals surface area contributed by atoms with Crippen LogP contribution in [-0.2, 0) is 4.79 Å². The lowest BCUT2D eigenvalue weighted by Gasteiger charge is -2.22. The number of carbonyl (C=O) groups is 1. The van der Waals surface area contributed by atoms with Crippen molar-refractivity contribution in [2.75, 3.05) is 19.6 Å². The Balaban J connectivity index is 2.06. The lowest BCUT2D eigenvalue weighted by atomic mass is 10.00. The van der Waals surface area contributed by atoms with Gasteiger partial charge in [0.1, 0.15) is 0 Å². The van der Waals surface area contributed by atoms with Gasteiger partial charge in [-0.3, -0.25) is 4.79 Å². The summed E-state index contributed by atoms with van der Waals surface area (Å²) in [6.07, 6.45) is 3.46. The molecule has 1 amide bonds. The zero-order valence-corrected chi connectivity index (χ0v) is 13.7. The molecule has 0 saturated carbocycles. The number of carbonyl (C=O) groups excluding carboxylic acids is 1. The summed E-state index contributed by atoms with van der Waals surface area (Å²) >= 11 is 0. The van der Waals surface area contributed by atoms with Crippen LogP contribution in [0, 0.1) is 0 Å². The quantitative estimate of drug-likeness (QED) is 0.754. The van der Waals surface area contributed by atoms with Gasteiger partial charge in [0, 0.05) is 19.1 Å². The van der Waals surface area contributed by atoms with Gasteiger partial charge < -0.3 is 10.2 Å². The largest absolute Gasteiger partial charge is 0.334 e. The second-order valence-corrected chi connectivity index (χ2v) is 5.55. The lowest BCUT2D eigenvalue weighted by Crippen LogP contribution is -2.39. The minimum Gasteiger partial charge on any atom is -0.334 e. The van der Waals surface area contributed by atoms with E-state index in [1.165, 1.54) is 16.3 Å². The summed E-state index contributed by atoms with van der Waals surface area (Å²) in [7, 11) is 0. The first kappa shape index (κ1) is 17.0. The molecule has 0 spiro atoms. The zero-order valence-electron chi connectivity index (χ0n) is 13.7.